The number of halogens is 1. The Hall–Kier alpha value is -3.35. The van der Waals surface area contributed by atoms with Gasteiger partial charge in [0, 0.05) is 18.2 Å². The molecule has 0 atom stereocenters. The van der Waals surface area contributed by atoms with Crippen LogP contribution in [-0.2, 0) is 6.54 Å². The van der Waals surface area contributed by atoms with E-state index in [1.165, 1.54) is 12.4 Å². The molecule has 0 saturated heterocycles. The minimum absolute atomic E-state index is 0.243. The first kappa shape index (κ1) is 18.4. The summed E-state index contributed by atoms with van der Waals surface area (Å²) in [6.45, 7) is 1.41. The fourth-order valence-corrected chi connectivity index (χ4v) is 2.40. The van der Waals surface area contributed by atoms with Gasteiger partial charge >= 0.3 is 0 Å². The summed E-state index contributed by atoms with van der Waals surface area (Å²) in [5.41, 5.74) is 0.582. The molecular formula is C20H21FN4O2. The molecule has 0 spiro atoms. The molecule has 1 heterocycles. The molecule has 2 aromatic carbocycles. The number of methoxy groups -OCH3 is 1. The highest BCUT2D eigenvalue weighted by atomic mass is 19.1. The van der Waals surface area contributed by atoms with Gasteiger partial charge in [-0.2, -0.15) is 0 Å². The van der Waals surface area contributed by atoms with E-state index in [0.717, 1.165) is 11.5 Å². The summed E-state index contributed by atoms with van der Waals surface area (Å²) in [7, 11) is 1.63. The van der Waals surface area contributed by atoms with Gasteiger partial charge in [-0.15, -0.1) is 0 Å². The van der Waals surface area contributed by atoms with Gasteiger partial charge in [-0.25, -0.2) is 14.4 Å². The molecule has 0 aliphatic heterocycles. The monoisotopic (exact) mass is 368 g/mol. The summed E-state index contributed by atoms with van der Waals surface area (Å²) in [6.07, 6.45) is 1.45. The van der Waals surface area contributed by atoms with E-state index in [0.29, 0.717) is 36.9 Å². The zero-order valence-corrected chi connectivity index (χ0v) is 15.0. The van der Waals surface area contributed by atoms with Crippen LogP contribution in [0.15, 0.2) is 60.9 Å². The lowest BCUT2D eigenvalue weighted by molar-refractivity contribution is 0.331. The minimum Gasteiger partial charge on any atom is -0.497 e. The maximum atomic E-state index is 13.7. The molecule has 3 aromatic rings. The van der Waals surface area contributed by atoms with E-state index >= 15 is 0 Å². The number of rotatable bonds is 9. The number of ether oxygens (including phenoxy) is 2. The number of hydrogen-bond donors (Lipinski definition) is 2. The lowest BCUT2D eigenvalue weighted by atomic mass is 10.2. The molecule has 0 radical (unpaired) electrons. The van der Waals surface area contributed by atoms with Crippen molar-refractivity contribution in [2.45, 2.75) is 6.54 Å². The van der Waals surface area contributed by atoms with Gasteiger partial charge < -0.3 is 20.1 Å². The molecule has 0 aliphatic rings. The topological polar surface area (TPSA) is 68.3 Å². The van der Waals surface area contributed by atoms with Crippen LogP contribution >= 0.6 is 0 Å². The first-order valence-electron chi connectivity index (χ1n) is 8.54. The summed E-state index contributed by atoms with van der Waals surface area (Å²) in [5.74, 6) is 2.60. The summed E-state index contributed by atoms with van der Waals surface area (Å²) >= 11 is 0. The van der Waals surface area contributed by atoms with Gasteiger partial charge in [0.25, 0.3) is 0 Å². The second-order valence-corrected chi connectivity index (χ2v) is 5.68. The van der Waals surface area contributed by atoms with Crippen molar-refractivity contribution in [2.24, 2.45) is 0 Å². The number of nitrogens with one attached hydrogen (secondary N) is 2. The van der Waals surface area contributed by atoms with Crippen LogP contribution in [0.2, 0.25) is 0 Å². The van der Waals surface area contributed by atoms with Crippen LogP contribution in [-0.4, -0.2) is 30.2 Å². The van der Waals surface area contributed by atoms with Gasteiger partial charge in [-0.05, 0) is 30.3 Å². The van der Waals surface area contributed by atoms with Gasteiger partial charge in [-0.1, -0.05) is 18.2 Å². The largest absolute Gasteiger partial charge is 0.497 e. The lowest BCUT2D eigenvalue weighted by Gasteiger charge is -2.10. The molecule has 0 amide bonds. The van der Waals surface area contributed by atoms with E-state index in [4.69, 9.17) is 9.47 Å². The second kappa shape index (κ2) is 9.38. The standard InChI is InChI=1S/C20H21FN4O2/c1-26-16-6-8-17(9-7-16)27-11-10-22-19-12-20(25-14-24-19)23-13-15-4-2-3-5-18(15)21/h2-9,12,14H,10-11,13H2,1H3,(H2,22,23,24,25). The number of nitrogens with zero attached hydrogens (tertiary/aromatic N) is 2. The van der Waals surface area contributed by atoms with E-state index in [2.05, 4.69) is 20.6 Å². The van der Waals surface area contributed by atoms with Crippen molar-refractivity contribution in [1.82, 2.24) is 9.97 Å². The average Bonchev–Trinajstić information content (AvgIpc) is 2.71. The highest BCUT2D eigenvalue weighted by Gasteiger charge is 2.03. The van der Waals surface area contributed by atoms with Crippen LogP contribution in [0.3, 0.4) is 0 Å². The van der Waals surface area contributed by atoms with Crippen molar-refractivity contribution < 1.29 is 13.9 Å². The lowest BCUT2D eigenvalue weighted by Crippen LogP contribution is -2.13. The molecule has 140 valence electrons. The van der Waals surface area contributed by atoms with Crippen molar-refractivity contribution in [3.8, 4) is 11.5 Å². The van der Waals surface area contributed by atoms with Crippen LogP contribution in [0.1, 0.15) is 5.56 Å². The van der Waals surface area contributed by atoms with Gasteiger partial charge in [-0.3, -0.25) is 0 Å². The Kier molecular flexibility index (Phi) is 6.40. The van der Waals surface area contributed by atoms with Gasteiger partial charge in [0.15, 0.2) is 0 Å². The third-order valence-corrected chi connectivity index (χ3v) is 3.82. The van der Waals surface area contributed by atoms with Crippen LogP contribution in [0, 0.1) is 5.82 Å². The summed E-state index contributed by atoms with van der Waals surface area (Å²) < 4.78 is 24.4. The molecule has 0 unspecified atom stereocenters. The van der Waals surface area contributed by atoms with Crippen LogP contribution < -0.4 is 20.1 Å². The van der Waals surface area contributed by atoms with Crippen LogP contribution in [0.4, 0.5) is 16.0 Å². The molecule has 0 bridgehead atoms. The third kappa shape index (κ3) is 5.57. The Balaban J connectivity index is 1.45. The van der Waals surface area contributed by atoms with Gasteiger partial charge in [0.1, 0.15) is 41.9 Å². The van der Waals surface area contributed by atoms with Crippen molar-refractivity contribution in [3.63, 3.8) is 0 Å². The van der Waals surface area contributed by atoms with E-state index < -0.39 is 0 Å². The predicted molar refractivity (Wildman–Crippen MR) is 103 cm³/mol. The van der Waals surface area contributed by atoms with E-state index in [1.807, 2.05) is 24.3 Å². The maximum absolute atomic E-state index is 13.7. The molecule has 1 aromatic heterocycles. The number of benzene rings is 2. The molecule has 0 aliphatic carbocycles. The Morgan fingerprint density at radius 3 is 2.37 bits per heavy atom. The molecule has 7 heteroatoms. The Morgan fingerprint density at radius 1 is 0.926 bits per heavy atom. The quantitative estimate of drug-likeness (QED) is 0.561. The first-order valence-corrected chi connectivity index (χ1v) is 8.54. The molecule has 0 saturated carbocycles. The molecule has 27 heavy (non-hydrogen) atoms. The van der Waals surface area contributed by atoms with Crippen LogP contribution in [0.25, 0.3) is 0 Å². The minimum atomic E-state index is -0.243. The van der Waals surface area contributed by atoms with Crippen molar-refractivity contribution >= 4 is 11.6 Å². The Labute approximate surface area is 157 Å². The number of hydrogen-bond acceptors (Lipinski definition) is 6. The van der Waals surface area contributed by atoms with Crippen LogP contribution in [0.5, 0.6) is 11.5 Å². The third-order valence-electron chi connectivity index (χ3n) is 3.82. The molecular weight excluding hydrogens is 347 g/mol. The fourth-order valence-electron chi connectivity index (χ4n) is 2.40. The SMILES string of the molecule is COc1ccc(OCCNc2cc(NCc3ccccc3F)ncn2)cc1. The van der Waals surface area contributed by atoms with Gasteiger partial charge in [0.2, 0.25) is 0 Å². The smallest absolute Gasteiger partial charge is 0.131 e. The highest BCUT2D eigenvalue weighted by molar-refractivity contribution is 5.46. The van der Waals surface area contributed by atoms with Crippen molar-refractivity contribution in [3.05, 3.63) is 72.3 Å². The fraction of sp³-hybridized carbons (Fsp3) is 0.200. The van der Waals surface area contributed by atoms with Gasteiger partial charge in [0.05, 0.1) is 13.7 Å². The first-order chi connectivity index (χ1) is 13.2. The molecule has 6 nitrogen and oxygen atoms in total. The Morgan fingerprint density at radius 2 is 1.63 bits per heavy atom. The maximum Gasteiger partial charge on any atom is 0.131 e. The molecule has 0 fully saturated rings. The zero-order valence-electron chi connectivity index (χ0n) is 15.0. The molecule has 2 N–H and O–H groups in total. The second-order valence-electron chi connectivity index (χ2n) is 5.68. The van der Waals surface area contributed by atoms with E-state index in [1.54, 1.807) is 31.4 Å². The molecule has 3 rings (SSSR count). The van der Waals surface area contributed by atoms with Crippen molar-refractivity contribution in [2.75, 3.05) is 30.9 Å². The highest BCUT2D eigenvalue weighted by Crippen LogP contribution is 2.17. The normalized spacial score (nSPS) is 10.3. The van der Waals surface area contributed by atoms with Crippen molar-refractivity contribution in [1.29, 1.82) is 0 Å². The number of aromatic nitrogens is 2. The van der Waals surface area contributed by atoms with E-state index in [9.17, 15) is 4.39 Å². The number of anilines is 2. The predicted octanol–water partition coefficient (Wildman–Crippen LogP) is 3.73. The zero-order chi connectivity index (χ0) is 18.9. The average molecular weight is 368 g/mol. The van der Waals surface area contributed by atoms with E-state index in [-0.39, 0.29) is 5.82 Å². The summed E-state index contributed by atoms with van der Waals surface area (Å²) in [4.78, 5) is 8.32. The Bertz CT molecular complexity index is 859. The summed E-state index contributed by atoms with van der Waals surface area (Å²) in [5, 5.41) is 6.27. The summed E-state index contributed by atoms with van der Waals surface area (Å²) in [6, 6.07) is 15.8.